The van der Waals surface area contributed by atoms with Gasteiger partial charge in [-0.15, -0.1) is 0 Å². The van der Waals surface area contributed by atoms with Crippen LogP contribution in [0.2, 0.25) is 0 Å². The lowest BCUT2D eigenvalue weighted by atomic mass is 9.82. The molecule has 51 heavy (non-hydrogen) atoms. The van der Waals surface area contributed by atoms with Gasteiger partial charge in [-0.25, -0.2) is 0 Å². The summed E-state index contributed by atoms with van der Waals surface area (Å²) in [5, 5.41) is 4.91. The molecule has 0 saturated heterocycles. The van der Waals surface area contributed by atoms with Gasteiger partial charge >= 0.3 is 0 Å². The summed E-state index contributed by atoms with van der Waals surface area (Å²) in [6.45, 7) is 4.73. The first-order valence-corrected chi connectivity index (χ1v) is 17.8. The largest absolute Gasteiger partial charge is 0.308 e. The predicted molar refractivity (Wildman–Crippen MR) is 216 cm³/mol. The summed E-state index contributed by atoms with van der Waals surface area (Å²) < 4.78 is 2.47. The van der Waals surface area contributed by atoms with Crippen LogP contribution in [-0.2, 0) is 5.41 Å². The Kier molecular flexibility index (Phi) is 6.56. The molecule has 0 amide bonds. The molecule has 0 aliphatic heterocycles. The molecule has 10 rings (SSSR count). The van der Waals surface area contributed by atoms with E-state index >= 15 is 0 Å². The molecular weight excluding hydrogens is 617 g/mol. The quantitative estimate of drug-likeness (QED) is 0.180. The summed E-state index contributed by atoms with van der Waals surface area (Å²) in [6, 6.07) is 66.7. The minimum absolute atomic E-state index is 0.131. The minimum atomic E-state index is -0.131. The zero-order valence-electron chi connectivity index (χ0n) is 28.7. The summed E-state index contributed by atoms with van der Waals surface area (Å²) in [5.74, 6) is 0. The van der Waals surface area contributed by atoms with Crippen molar-refractivity contribution in [3.05, 3.63) is 193 Å². The third kappa shape index (κ3) is 4.50. The van der Waals surface area contributed by atoms with Crippen LogP contribution in [0.5, 0.6) is 0 Å². The maximum atomic E-state index is 2.51. The highest BCUT2D eigenvalue weighted by Gasteiger charge is 2.36. The van der Waals surface area contributed by atoms with E-state index in [1.165, 1.54) is 66.0 Å². The second kappa shape index (κ2) is 11.3. The van der Waals surface area contributed by atoms with Gasteiger partial charge in [-0.05, 0) is 81.2 Å². The van der Waals surface area contributed by atoms with Crippen molar-refractivity contribution >= 4 is 49.6 Å². The number of benzene rings is 8. The van der Waals surface area contributed by atoms with Crippen LogP contribution in [0.1, 0.15) is 25.0 Å². The molecule has 0 bridgehead atoms. The van der Waals surface area contributed by atoms with Gasteiger partial charge in [0.25, 0.3) is 0 Å². The third-order valence-corrected chi connectivity index (χ3v) is 11.0. The van der Waals surface area contributed by atoms with E-state index in [4.69, 9.17) is 0 Å². The zero-order chi connectivity index (χ0) is 34.1. The molecule has 242 valence electrons. The molecule has 2 nitrogen and oxygen atoms in total. The van der Waals surface area contributed by atoms with Crippen molar-refractivity contribution < 1.29 is 0 Å². The van der Waals surface area contributed by atoms with Crippen molar-refractivity contribution in [3.63, 3.8) is 0 Å². The zero-order valence-corrected chi connectivity index (χ0v) is 28.7. The summed E-state index contributed by atoms with van der Waals surface area (Å²) in [5.41, 5.74) is 14.6. The lowest BCUT2D eigenvalue weighted by molar-refractivity contribution is 0.660. The SMILES string of the molecule is CC1(C)c2ccccc2-c2ccc(N(c3cccc(-c4ccccc4)c3)c3c(-n4c5ccccc5c5ccccc54)ccc4ccccc34)cc21. The first-order valence-electron chi connectivity index (χ1n) is 17.8. The fourth-order valence-electron chi connectivity index (χ4n) is 8.53. The van der Waals surface area contributed by atoms with Gasteiger partial charge in [0.05, 0.1) is 22.4 Å². The molecule has 0 atom stereocenters. The highest BCUT2D eigenvalue weighted by Crippen LogP contribution is 2.52. The second-order valence-electron chi connectivity index (χ2n) is 14.2. The molecule has 1 aliphatic rings. The highest BCUT2D eigenvalue weighted by molar-refractivity contribution is 6.12. The Balaban J connectivity index is 1.31. The standard InChI is InChI=1S/C49H36N2/c1-49(2)43-24-11-8-21-39(43)40-29-28-37(32-44(40)49)50(36-19-14-18-35(31-36)33-15-4-3-5-16-33)48-38-20-7-6-17-34(38)27-30-47(48)51-45-25-12-9-22-41(45)42-23-10-13-26-46(42)51/h3-32H,1-2H3. The van der Waals surface area contributed by atoms with Crippen molar-refractivity contribution in [3.8, 4) is 27.9 Å². The van der Waals surface area contributed by atoms with Gasteiger partial charge in [-0.3, -0.25) is 0 Å². The van der Waals surface area contributed by atoms with Gasteiger partial charge in [0, 0.05) is 32.9 Å². The number of rotatable bonds is 5. The molecule has 1 aliphatic carbocycles. The fraction of sp³-hybridized carbons (Fsp3) is 0.0612. The maximum Gasteiger partial charge on any atom is 0.0781 e. The van der Waals surface area contributed by atoms with Crippen molar-refractivity contribution in [1.82, 2.24) is 4.57 Å². The Labute approximate surface area is 298 Å². The van der Waals surface area contributed by atoms with E-state index in [0.29, 0.717) is 0 Å². The molecule has 2 heteroatoms. The monoisotopic (exact) mass is 652 g/mol. The number of hydrogen-bond acceptors (Lipinski definition) is 1. The van der Waals surface area contributed by atoms with E-state index in [-0.39, 0.29) is 5.41 Å². The van der Waals surface area contributed by atoms with Gasteiger partial charge in [0.1, 0.15) is 0 Å². The van der Waals surface area contributed by atoms with Gasteiger partial charge < -0.3 is 9.47 Å². The number of para-hydroxylation sites is 2. The van der Waals surface area contributed by atoms with Crippen LogP contribution in [0.25, 0.3) is 60.5 Å². The predicted octanol–water partition coefficient (Wildman–Crippen LogP) is 13.4. The van der Waals surface area contributed by atoms with E-state index < -0.39 is 0 Å². The molecule has 0 N–H and O–H groups in total. The first kappa shape index (κ1) is 29.5. The van der Waals surface area contributed by atoms with E-state index in [0.717, 1.165) is 22.7 Å². The normalized spacial score (nSPS) is 13.1. The fourth-order valence-corrected chi connectivity index (χ4v) is 8.53. The molecular formula is C49H36N2. The van der Waals surface area contributed by atoms with E-state index in [9.17, 15) is 0 Å². The Morgan fingerprint density at radius 3 is 1.82 bits per heavy atom. The molecule has 0 unspecified atom stereocenters. The molecule has 0 spiro atoms. The summed E-state index contributed by atoms with van der Waals surface area (Å²) in [6.07, 6.45) is 0. The smallest absolute Gasteiger partial charge is 0.0781 e. The van der Waals surface area contributed by atoms with E-state index in [1.807, 2.05) is 0 Å². The number of aromatic nitrogens is 1. The van der Waals surface area contributed by atoms with Crippen LogP contribution in [-0.4, -0.2) is 4.57 Å². The van der Waals surface area contributed by atoms with Crippen molar-refractivity contribution in [2.24, 2.45) is 0 Å². The van der Waals surface area contributed by atoms with Crippen LogP contribution in [0.15, 0.2) is 182 Å². The molecule has 0 fully saturated rings. The molecule has 8 aromatic carbocycles. The number of anilines is 3. The van der Waals surface area contributed by atoms with Gasteiger partial charge in [0.2, 0.25) is 0 Å². The average Bonchev–Trinajstić information content (AvgIpc) is 3.64. The average molecular weight is 653 g/mol. The van der Waals surface area contributed by atoms with Crippen molar-refractivity contribution in [2.75, 3.05) is 4.90 Å². The van der Waals surface area contributed by atoms with Crippen molar-refractivity contribution in [1.29, 1.82) is 0 Å². The Morgan fingerprint density at radius 2 is 1.04 bits per heavy atom. The summed E-state index contributed by atoms with van der Waals surface area (Å²) >= 11 is 0. The topological polar surface area (TPSA) is 8.17 Å². The number of nitrogens with zero attached hydrogens (tertiary/aromatic N) is 2. The molecule has 1 aromatic heterocycles. The van der Waals surface area contributed by atoms with Crippen LogP contribution < -0.4 is 4.90 Å². The van der Waals surface area contributed by atoms with Gasteiger partial charge in [0.15, 0.2) is 0 Å². The Morgan fingerprint density at radius 1 is 0.431 bits per heavy atom. The number of hydrogen-bond donors (Lipinski definition) is 0. The van der Waals surface area contributed by atoms with Crippen LogP contribution >= 0.6 is 0 Å². The lowest BCUT2D eigenvalue weighted by Crippen LogP contribution is -2.17. The number of fused-ring (bicyclic) bond motifs is 7. The molecule has 0 radical (unpaired) electrons. The summed E-state index contributed by atoms with van der Waals surface area (Å²) in [7, 11) is 0. The Hall–Kier alpha value is -6.38. The molecule has 0 saturated carbocycles. The van der Waals surface area contributed by atoms with E-state index in [1.54, 1.807) is 0 Å². The minimum Gasteiger partial charge on any atom is -0.308 e. The second-order valence-corrected chi connectivity index (χ2v) is 14.2. The highest BCUT2D eigenvalue weighted by atomic mass is 15.2. The van der Waals surface area contributed by atoms with Crippen molar-refractivity contribution in [2.45, 2.75) is 19.3 Å². The molecule has 1 heterocycles. The Bertz CT molecular complexity index is 2730. The molecule has 9 aromatic rings. The van der Waals surface area contributed by atoms with Crippen LogP contribution in [0.3, 0.4) is 0 Å². The van der Waals surface area contributed by atoms with Gasteiger partial charge in [-0.1, -0.05) is 153 Å². The lowest BCUT2D eigenvalue weighted by Gasteiger charge is -2.31. The van der Waals surface area contributed by atoms with Crippen LogP contribution in [0, 0.1) is 0 Å². The van der Waals surface area contributed by atoms with E-state index in [2.05, 4.69) is 205 Å². The first-order chi connectivity index (χ1) is 25.1. The third-order valence-electron chi connectivity index (χ3n) is 11.0. The maximum absolute atomic E-state index is 2.51. The van der Waals surface area contributed by atoms with Gasteiger partial charge in [-0.2, -0.15) is 0 Å². The van der Waals surface area contributed by atoms with Crippen LogP contribution in [0.4, 0.5) is 17.1 Å². The summed E-state index contributed by atoms with van der Waals surface area (Å²) in [4.78, 5) is 2.51.